The monoisotopic (exact) mass is 355 g/mol. The van der Waals surface area contributed by atoms with E-state index in [2.05, 4.69) is 10.4 Å². The van der Waals surface area contributed by atoms with E-state index in [0.717, 1.165) is 16.9 Å². The topological polar surface area (TPSA) is 56.1 Å². The summed E-state index contributed by atoms with van der Waals surface area (Å²) in [6.45, 7) is 1.87. The largest absolute Gasteiger partial charge is 0.496 e. The maximum atomic E-state index is 12.5. The van der Waals surface area contributed by atoms with Gasteiger partial charge in [0.05, 0.1) is 24.9 Å². The summed E-state index contributed by atoms with van der Waals surface area (Å²) >= 11 is 6.06. The number of halogens is 1. The van der Waals surface area contributed by atoms with Crippen LogP contribution in [0.4, 0.5) is 5.82 Å². The first-order valence-corrected chi connectivity index (χ1v) is 8.19. The van der Waals surface area contributed by atoms with Crippen LogP contribution in [0.25, 0.3) is 5.69 Å². The molecule has 0 saturated heterocycles. The van der Waals surface area contributed by atoms with Gasteiger partial charge >= 0.3 is 0 Å². The van der Waals surface area contributed by atoms with Crippen molar-refractivity contribution in [2.45, 2.75) is 13.3 Å². The Morgan fingerprint density at radius 2 is 2.00 bits per heavy atom. The number of para-hydroxylation sites is 1. The Kier molecular flexibility index (Phi) is 5.05. The van der Waals surface area contributed by atoms with E-state index in [9.17, 15) is 4.79 Å². The fraction of sp³-hybridized carbons (Fsp3) is 0.158. The van der Waals surface area contributed by atoms with E-state index in [-0.39, 0.29) is 12.3 Å². The molecule has 1 N–H and O–H groups in total. The number of benzene rings is 2. The number of ether oxygens (including phenoxy) is 1. The third-order valence-electron chi connectivity index (χ3n) is 3.70. The fourth-order valence-electron chi connectivity index (χ4n) is 2.60. The highest BCUT2D eigenvalue weighted by molar-refractivity contribution is 6.30. The Morgan fingerprint density at radius 1 is 1.20 bits per heavy atom. The van der Waals surface area contributed by atoms with Gasteiger partial charge in [-0.05, 0) is 31.2 Å². The maximum Gasteiger partial charge on any atom is 0.230 e. The standard InChI is InChI=1S/C19H18ClN3O2/c1-13-10-18(23(22-13)16-8-5-7-15(20)12-16)21-19(24)11-14-6-3-4-9-17(14)25-2/h3-10,12H,11H2,1-2H3,(H,21,24). The van der Waals surface area contributed by atoms with E-state index in [1.54, 1.807) is 23.9 Å². The zero-order valence-electron chi connectivity index (χ0n) is 14.0. The van der Waals surface area contributed by atoms with Crippen LogP contribution < -0.4 is 10.1 Å². The zero-order valence-corrected chi connectivity index (χ0v) is 14.7. The summed E-state index contributed by atoms with van der Waals surface area (Å²) in [6.07, 6.45) is 0.212. The number of carbonyl (C=O) groups excluding carboxylic acids is 1. The van der Waals surface area contributed by atoms with Crippen molar-refractivity contribution in [2.24, 2.45) is 0 Å². The van der Waals surface area contributed by atoms with Gasteiger partial charge in [0.25, 0.3) is 0 Å². The SMILES string of the molecule is COc1ccccc1CC(=O)Nc1cc(C)nn1-c1cccc(Cl)c1. The van der Waals surface area contributed by atoms with Crippen molar-refractivity contribution < 1.29 is 9.53 Å². The normalized spacial score (nSPS) is 10.5. The molecule has 5 nitrogen and oxygen atoms in total. The van der Waals surface area contributed by atoms with Crippen molar-refractivity contribution in [3.05, 3.63) is 70.9 Å². The molecule has 2 aromatic carbocycles. The lowest BCUT2D eigenvalue weighted by molar-refractivity contribution is -0.115. The molecule has 0 radical (unpaired) electrons. The smallest absolute Gasteiger partial charge is 0.230 e. The predicted octanol–water partition coefficient (Wildman–Crippen LogP) is 4.02. The molecule has 0 atom stereocenters. The molecule has 0 unspecified atom stereocenters. The number of carbonyl (C=O) groups is 1. The van der Waals surface area contributed by atoms with Crippen molar-refractivity contribution >= 4 is 23.3 Å². The van der Waals surface area contributed by atoms with E-state index in [0.29, 0.717) is 16.6 Å². The fourth-order valence-corrected chi connectivity index (χ4v) is 2.79. The number of anilines is 1. The quantitative estimate of drug-likeness (QED) is 0.752. The molecule has 0 spiro atoms. The Morgan fingerprint density at radius 3 is 2.76 bits per heavy atom. The molecule has 0 aliphatic carbocycles. The summed E-state index contributed by atoms with van der Waals surface area (Å²) in [7, 11) is 1.59. The molecule has 0 aliphatic heterocycles. The van der Waals surface area contributed by atoms with Crippen LogP contribution >= 0.6 is 11.6 Å². The number of rotatable bonds is 5. The van der Waals surface area contributed by atoms with Gasteiger partial charge in [-0.15, -0.1) is 0 Å². The van der Waals surface area contributed by atoms with Gasteiger partial charge in [0.2, 0.25) is 5.91 Å². The van der Waals surface area contributed by atoms with Crippen LogP contribution in [-0.2, 0) is 11.2 Å². The molecule has 6 heteroatoms. The summed E-state index contributed by atoms with van der Waals surface area (Å²) in [5, 5.41) is 7.95. The maximum absolute atomic E-state index is 12.5. The molecule has 128 valence electrons. The summed E-state index contributed by atoms with van der Waals surface area (Å²) in [4.78, 5) is 12.5. The first kappa shape index (κ1) is 17.0. The molecule has 3 rings (SSSR count). The molecule has 1 heterocycles. The van der Waals surface area contributed by atoms with Gasteiger partial charge in [0, 0.05) is 16.7 Å². The van der Waals surface area contributed by atoms with Crippen molar-refractivity contribution in [1.29, 1.82) is 0 Å². The number of hydrogen-bond donors (Lipinski definition) is 1. The highest BCUT2D eigenvalue weighted by atomic mass is 35.5. The molecular weight excluding hydrogens is 338 g/mol. The minimum Gasteiger partial charge on any atom is -0.496 e. The van der Waals surface area contributed by atoms with Gasteiger partial charge < -0.3 is 10.1 Å². The van der Waals surface area contributed by atoms with Crippen LogP contribution in [0, 0.1) is 6.92 Å². The summed E-state index contributed by atoms with van der Waals surface area (Å²) < 4.78 is 6.96. The van der Waals surface area contributed by atoms with E-state index < -0.39 is 0 Å². The molecule has 25 heavy (non-hydrogen) atoms. The van der Waals surface area contributed by atoms with E-state index >= 15 is 0 Å². The third kappa shape index (κ3) is 4.00. The van der Waals surface area contributed by atoms with E-state index in [1.807, 2.05) is 49.4 Å². The van der Waals surface area contributed by atoms with Crippen molar-refractivity contribution in [3.8, 4) is 11.4 Å². The lowest BCUT2D eigenvalue weighted by Crippen LogP contribution is -2.17. The molecule has 3 aromatic rings. The lowest BCUT2D eigenvalue weighted by atomic mass is 10.1. The van der Waals surface area contributed by atoms with Gasteiger partial charge in [-0.25, -0.2) is 4.68 Å². The molecule has 1 aromatic heterocycles. The number of aromatic nitrogens is 2. The number of nitrogens with one attached hydrogen (secondary N) is 1. The van der Waals surface area contributed by atoms with Crippen molar-refractivity contribution in [2.75, 3.05) is 12.4 Å². The van der Waals surface area contributed by atoms with Gasteiger partial charge in [-0.3, -0.25) is 4.79 Å². The average Bonchev–Trinajstić information content (AvgIpc) is 2.95. The Labute approximate surface area is 151 Å². The Bertz CT molecular complexity index is 905. The third-order valence-corrected chi connectivity index (χ3v) is 3.93. The van der Waals surface area contributed by atoms with Crippen LogP contribution in [0.15, 0.2) is 54.6 Å². The highest BCUT2D eigenvalue weighted by Crippen LogP contribution is 2.22. The van der Waals surface area contributed by atoms with Crippen LogP contribution in [0.1, 0.15) is 11.3 Å². The van der Waals surface area contributed by atoms with E-state index in [1.165, 1.54) is 0 Å². The van der Waals surface area contributed by atoms with Gasteiger partial charge in [-0.2, -0.15) is 5.10 Å². The lowest BCUT2D eigenvalue weighted by Gasteiger charge is -2.11. The van der Waals surface area contributed by atoms with Gasteiger partial charge in [0.15, 0.2) is 0 Å². The van der Waals surface area contributed by atoms with Crippen LogP contribution in [-0.4, -0.2) is 22.8 Å². The first-order valence-electron chi connectivity index (χ1n) is 7.81. The van der Waals surface area contributed by atoms with Crippen LogP contribution in [0.2, 0.25) is 5.02 Å². The Hall–Kier alpha value is -2.79. The zero-order chi connectivity index (χ0) is 17.8. The van der Waals surface area contributed by atoms with Gasteiger partial charge in [0.1, 0.15) is 11.6 Å². The van der Waals surface area contributed by atoms with Crippen molar-refractivity contribution in [3.63, 3.8) is 0 Å². The summed E-state index contributed by atoms with van der Waals surface area (Å²) in [5.41, 5.74) is 2.41. The number of amides is 1. The van der Waals surface area contributed by atoms with Crippen molar-refractivity contribution in [1.82, 2.24) is 9.78 Å². The highest BCUT2D eigenvalue weighted by Gasteiger charge is 2.13. The second-order valence-corrected chi connectivity index (χ2v) is 6.04. The van der Waals surface area contributed by atoms with Crippen LogP contribution in [0.5, 0.6) is 5.75 Å². The molecule has 0 saturated carbocycles. The average molecular weight is 356 g/mol. The molecular formula is C19H18ClN3O2. The molecule has 1 amide bonds. The second-order valence-electron chi connectivity index (χ2n) is 5.60. The number of aryl methyl sites for hydroxylation is 1. The molecule has 0 fully saturated rings. The minimum atomic E-state index is -0.146. The van der Waals surface area contributed by atoms with Crippen LogP contribution in [0.3, 0.4) is 0 Å². The van der Waals surface area contributed by atoms with E-state index in [4.69, 9.17) is 16.3 Å². The summed E-state index contributed by atoms with van der Waals surface area (Å²) in [5.74, 6) is 1.14. The predicted molar refractivity (Wildman–Crippen MR) is 98.6 cm³/mol. The number of methoxy groups -OCH3 is 1. The molecule has 0 aliphatic rings. The first-order chi connectivity index (χ1) is 12.1. The summed E-state index contributed by atoms with van der Waals surface area (Å²) in [6, 6.07) is 16.6. The number of nitrogens with zero attached hydrogens (tertiary/aromatic N) is 2. The Balaban J connectivity index is 1.82. The molecule has 0 bridgehead atoms. The number of hydrogen-bond acceptors (Lipinski definition) is 3. The minimum absolute atomic E-state index is 0.146. The van der Waals surface area contributed by atoms with Gasteiger partial charge in [-0.1, -0.05) is 35.9 Å². The second kappa shape index (κ2) is 7.40.